The fourth-order valence-corrected chi connectivity index (χ4v) is 10.2. The number of nitrogens with zero attached hydrogens (tertiary/aromatic N) is 3. The van der Waals surface area contributed by atoms with Crippen LogP contribution in [0.5, 0.6) is 0 Å². The Morgan fingerprint density at radius 3 is 2.28 bits per heavy atom. The third-order valence-corrected chi connectivity index (χ3v) is 14.9. The van der Waals surface area contributed by atoms with E-state index in [0.717, 1.165) is 30.3 Å². The first-order valence-corrected chi connectivity index (χ1v) is 19.5. The summed E-state index contributed by atoms with van der Waals surface area (Å²) >= 11 is 0. The molecule has 2 amide bonds. The van der Waals surface area contributed by atoms with Gasteiger partial charge in [-0.25, -0.2) is 19.5 Å². The van der Waals surface area contributed by atoms with E-state index in [1.165, 1.54) is 17.0 Å². The first-order chi connectivity index (χ1) is 21.6. The number of hydrogen-bond donors (Lipinski definition) is 2. The molecule has 3 aliphatic heterocycles. The van der Waals surface area contributed by atoms with Crippen LogP contribution in [0.1, 0.15) is 51.4 Å². The minimum Gasteiger partial charge on any atom is -0.413 e. The summed E-state index contributed by atoms with van der Waals surface area (Å²) in [5.41, 5.74) is 0.175. The lowest BCUT2D eigenvalue weighted by molar-refractivity contribution is -0.384. The zero-order chi connectivity index (χ0) is 34.1. The Morgan fingerprint density at radius 1 is 1.13 bits per heavy atom. The Balaban J connectivity index is 1.60. The van der Waals surface area contributed by atoms with Crippen LogP contribution in [0.3, 0.4) is 0 Å². The number of likely N-dealkylation sites (tertiary alicyclic amines) is 1. The summed E-state index contributed by atoms with van der Waals surface area (Å²) < 4.78 is 36.4. The molecule has 3 N–H and O–H groups in total. The second-order valence-corrected chi connectivity index (χ2v) is 18.2. The molecule has 0 radical (unpaired) electrons. The van der Waals surface area contributed by atoms with Crippen LogP contribution in [-0.2, 0) is 33.8 Å². The number of amides is 2. The van der Waals surface area contributed by atoms with Gasteiger partial charge in [0, 0.05) is 31.1 Å². The number of ether oxygens (including phenoxy) is 1. The first kappa shape index (κ1) is 35.3. The van der Waals surface area contributed by atoms with Crippen molar-refractivity contribution in [2.24, 2.45) is 22.9 Å². The molecule has 17 heteroatoms. The van der Waals surface area contributed by atoms with Crippen molar-refractivity contribution in [3.05, 3.63) is 51.2 Å². The minimum atomic E-state index is -4.22. The first-order valence-electron chi connectivity index (χ1n) is 15.4. The molecule has 0 saturated carbocycles. The second-order valence-electron chi connectivity index (χ2n) is 12.2. The molecule has 2 saturated heterocycles. The van der Waals surface area contributed by atoms with Gasteiger partial charge in [0.15, 0.2) is 8.32 Å². The molecule has 252 valence electrons. The highest BCUT2D eigenvalue weighted by atomic mass is 32.2. The van der Waals surface area contributed by atoms with E-state index in [0.29, 0.717) is 18.5 Å². The summed E-state index contributed by atoms with van der Waals surface area (Å²) in [5.74, 6) is -4.62. The maximum absolute atomic E-state index is 13.7. The molecule has 2 fully saturated rings. The lowest BCUT2D eigenvalue weighted by atomic mass is 9.77. The monoisotopic (exact) mass is 679 g/mol. The third kappa shape index (κ3) is 7.07. The molecule has 1 aromatic rings. The Hall–Kier alpha value is -3.51. The van der Waals surface area contributed by atoms with Crippen LogP contribution < -0.4 is 9.86 Å². The van der Waals surface area contributed by atoms with Crippen molar-refractivity contribution in [3.63, 3.8) is 0 Å². The van der Waals surface area contributed by atoms with E-state index in [-0.39, 0.29) is 41.9 Å². The van der Waals surface area contributed by atoms with Gasteiger partial charge in [-0.2, -0.15) is 8.42 Å². The maximum atomic E-state index is 13.7. The van der Waals surface area contributed by atoms with E-state index in [1.54, 1.807) is 4.72 Å². The molecule has 0 aromatic heterocycles. The van der Waals surface area contributed by atoms with Crippen molar-refractivity contribution >= 4 is 48.0 Å². The summed E-state index contributed by atoms with van der Waals surface area (Å²) in [4.78, 5) is 66.4. The number of β-lactam (4-membered cyclic amide) rings is 1. The standard InChI is InChI=1S/C29H41N5O10SSi/c1-6-46(7-2,8-3)44-18(5)23-24-17(4)22(16-32-14-13-20(15-32)26(35)31-45(30,41)42)25(33(24)27(23)36)29(38)43-28(37)19-9-11-21(12-10-19)34(39)40/h9-12,17-18,20,23-24H,6-8,13-16H2,1-5H3,(H,31,35)(H2,30,41,42)/t17-,18+,20-,23+,24+/m0/s1. The number of carbonyl (C=O) groups is 4. The highest BCUT2D eigenvalue weighted by molar-refractivity contribution is 7.87. The summed E-state index contributed by atoms with van der Waals surface area (Å²) in [6, 6.07) is 6.86. The topological polar surface area (TPSA) is 209 Å². The second kappa shape index (κ2) is 13.7. The number of nitro benzene ring substituents is 1. The van der Waals surface area contributed by atoms with Crippen molar-refractivity contribution in [2.75, 3.05) is 19.6 Å². The average molecular weight is 680 g/mol. The zero-order valence-corrected chi connectivity index (χ0v) is 28.4. The number of rotatable bonds is 13. The number of nitrogens with two attached hydrogens (primary N) is 1. The molecule has 46 heavy (non-hydrogen) atoms. The molecule has 0 unspecified atom stereocenters. The van der Waals surface area contributed by atoms with Gasteiger partial charge in [-0.15, -0.1) is 0 Å². The van der Waals surface area contributed by atoms with Gasteiger partial charge in [0.25, 0.3) is 15.9 Å². The lowest BCUT2D eigenvalue weighted by Crippen LogP contribution is -2.65. The minimum absolute atomic E-state index is 0.0522. The van der Waals surface area contributed by atoms with Gasteiger partial charge >= 0.3 is 11.9 Å². The van der Waals surface area contributed by atoms with Gasteiger partial charge in [-0.05, 0) is 55.7 Å². The molecule has 3 heterocycles. The molecular weight excluding hydrogens is 638 g/mol. The highest BCUT2D eigenvalue weighted by Gasteiger charge is 2.61. The van der Waals surface area contributed by atoms with Crippen molar-refractivity contribution in [3.8, 4) is 0 Å². The number of esters is 2. The van der Waals surface area contributed by atoms with Gasteiger partial charge in [0.05, 0.1) is 34.5 Å². The SMILES string of the molecule is CC[Si](CC)(CC)O[C@H](C)[C@H]1C(=O)N2C(C(=O)OC(=O)c3ccc([N+](=O)[O-])cc3)=C(CN3CC[C@H](C(=O)NS(N)(=O)=O)C3)[C@H](C)[C@H]12. The summed E-state index contributed by atoms with van der Waals surface area (Å²) in [7, 11) is -6.30. The predicted molar refractivity (Wildman–Crippen MR) is 167 cm³/mol. The molecule has 4 rings (SSSR count). The Labute approximate surface area is 268 Å². The molecule has 0 bridgehead atoms. The number of non-ortho nitro benzene ring substituents is 1. The molecule has 5 atom stereocenters. The van der Waals surface area contributed by atoms with Crippen LogP contribution in [-0.4, -0.2) is 87.0 Å². The van der Waals surface area contributed by atoms with E-state index < -0.39 is 65.3 Å². The van der Waals surface area contributed by atoms with Gasteiger partial charge in [-0.3, -0.25) is 24.6 Å². The lowest BCUT2D eigenvalue weighted by Gasteiger charge is -2.49. The van der Waals surface area contributed by atoms with Gasteiger partial charge in [0.2, 0.25) is 11.8 Å². The number of hydrogen-bond acceptors (Lipinski definition) is 11. The number of benzene rings is 1. The molecule has 0 spiro atoms. The van der Waals surface area contributed by atoms with Crippen molar-refractivity contribution < 1.29 is 41.7 Å². The zero-order valence-electron chi connectivity index (χ0n) is 26.6. The van der Waals surface area contributed by atoms with E-state index >= 15 is 0 Å². The average Bonchev–Trinajstić information content (AvgIpc) is 3.56. The van der Waals surface area contributed by atoms with E-state index in [4.69, 9.17) is 14.3 Å². The number of nitrogens with one attached hydrogen (secondary N) is 1. The molecule has 0 aliphatic carbocycles. The van der Waals surface area contributed by atoms with Gasteiger partial charge in [0.1, 0.15) is 5.70 Å². The largest absolute Gasteiger partial charge is 0.413 e. The van der Waals surface area contributed by atoms with Crippen molar-refractivity contribution in [1.29, 1.82) is 0 Å². The van der Waals surface area contributed by atoms with Crippen LogP contribution in [0.15, 0.2) is 35.5 Å². The van der Waals surface area contributed by atoms with Gasteiger partial charge in [-0.1, -0.05) is 27.7 Å². The molecule has 15 nitrogen and oxygen atoms in total. The van der Waals surface area contributed by atoms with Crippen LogP contribution in [0, 0.1) is 27.9 Å². The summed E-state index contributed by atoms with van der Waals surface area (Å²) in [6.07, 6.45) is -0.0576. The van der Waals surface area contributed by atoms with E-state index in [2.05, 4.69) is 20.8 Å². The van der Waals surface area contributed by atoms with Crippen LogP contribution in [0.4, 0.5) is 5.69 Å². The number of carbonyl (C=O) groups excluding carboxylic acids is 4. The fourth-order valence-electron chi connectivity index (χ4n) is 6.86. The van der Waals surface area contributed by atoms with Crippen LogP contribution in [0.2, 0.25) is 18.1 Å². The molecule has 3 aliphatic rings. The van der Waals surface area contributed by atoms with E-state index in [9.17, 15) is 37.7 Å². The summed E-state index contributed by atoms with van der Waals surface area (Å²) in [6.45, 7) is 10.8. The third-order valence-electron chi connectivity index (χ3n) is 9.64. The number of nitro groups is 1. The molecule has 1 aromatic carbocycles. The summed E-state index contributed by atoms with van der Waals surface area (Å²) in [5, 5.41) is 16.0. The molecular formula is C29H41N5O10SSi. The van der Waals surface area contributed by atoms with Crippen LogP contribution in [0.25, 0.3) is 0 Å². The highest BCUT2D eigenvalue weighted by Crippen LogP contribution is 2.49. The van der Waals surface area contributed by atoms with Gasteiger partial charge < -0.3 is 14.1 Å². The number of fused-ring (bicyclic) bond motifs is 1. The van der Waals surface area contributed by atoms with E-state index in [1.807, 2.05) is 18.7 Å². The Bertz CT molecular complexity index is 1540. The fraction of sp³-hybridized carbons (Fsp3) is 0.586. The Morgan fingerprint density at radius 2 is 1.74 bits per heavy atom. The normalized spacial score (nSPS) is 24.0. The maximum Gasteiger partial charge on any atom is 0.362 e. The smallest absolute Gasteiger partial charge is 0.362 e. The Kier molecular flexibility index (Phi) is 10.5. The quantitative estimate of drug-likeness (QED) is 0.0770. The van der Waals surface area contributed by atoms with Crippen molar-refractivity contribution in [1.82, 2.24) is 14.5 Å². The van der Waals surface area contributed by atoms with Crippen molar-refractivity contribution in [2.45, 2.75) is 71.3 Å². The van der Waals surface area contributed by atoms with Crippen LogP contribution >= 0.6 is 0 Å². The predicted octanol–water partition coefficient (Wildman–Crippen LogP) is 2.06.